The molecule has 2 fully saturated rings. The van der Waals surface area contributed by atoms with Crippen molar-refractivity contribution in [2.24, 2.45) is 5.41 Å². The molecule has 2 saturated heterocycles. The molecule has 1 aromatic rings. The molecule has 24 heavy (non-hydrogen) atoms. The van der Waals surface area contributed by atoms with Crippen LogP contribution in [0.2, 0.25) is 0 Å². The summed E-state index contributed by atoms with van der Waals surface area (Å²) < 4.78 is 10.4. The van der Waals surface area contributed by atoms with Gasteiger partial charge in [-0.2, -0.15) is 0 Å². The van der Waals surface area contributed by atoms with E-state index in [1.54, 1.807) is 4.90 Å². The molecule has 3 heterocycles. The number of ether oxygens (including phenoxy) is 1. The number of aliphatic hydroxyl groups excluding tert-OH is 1. The number of nitrogens with zero attached hydrogens (tertiary/aromatic N) is 2. The first-order chi connectivity index (χ1) is 11.6. The van der Waals surface area contributed by atoms with Crippen LogP contribution in [0.1, 0.15) is 25.0 Å². The summed E-state index contributed by atoms with van der Waals surface area (Å²) in [6, 6.07) is 1.45. The first kappa shape index (κ1) is 17.0. The molecule has 1 aromatic heterocycles. The second kappa shape index (κ2) is 6.94. The third kappa shape index (κ3) is 3.18. The first-order valence-electron chi connectivity index (χ1n) is 8.36. The quantitative estimate of drug-likeness (QED) is 0.841. The summed E-state index contributed by atoms with van der Waals surface area (Å²) in [6.07, 6.45) is 4.00. The fraction of sp³-hybridized carbons (Fsp3) is 0.647. The topological polar surface area (TPSA) is 83.2 Å². The molecule has 3 rings (SSSR count). The summed E-state index contributed by atoms with van der Waals surface area (Å²) in [6.45, 7) is 3.12. The van der Waals surface area contributed by atoms with Crippen molar-refractivity contribution in [1.29, 1.82) is 0 Å². The second-order valence-corrected chi connectivity index (χ2v) is 6.64. The molecule has 1 N–H and O–H groups in total. The smallest absolute Gasteiger partial charge is 0.230 e. The molecule has 0 radical (unpaired) electrons. The summed E-state index contributed by atoms with van der Waals surface area (Å²) in [5.74, 6) is 0.925. The van der Waals surface area contributed by atoms with Crippen LogP contribution < -0.4 is 10.2 Å². The molecule has 0 saturated carbocycles. The molecule has 1 spiro atoms. The number of hydrogen-bond donors (Lipinski definition) is 1. The van der Waals surface area contributed by atoms with Gasteiger partial charge in [0.1, 0.15) is 12.0 Å². The number of likely N-dealkylation sites (tertiary alicyclic amines) is 2. The lowest BCUT2D eigenvalue weighted by Gasteiger charge is -2.39. The van der Waals surface area contributed by atoms with E-state index in [-0.39, 0.29) is 29.1 Å². The van der Waals surface area contributed by atoms with E-state index in [9.17, 15) is 9.59 Å². The Morgan fingerprint density at radius 1 is 1.33 bits per heavy atom. The second-order valence-electron chi connectivity index (χ2n) is 6.64. The van der Waals surface area contributed by atoms with E-state index in [0.29, 0.717) is 25.4 Å². The van der Waals surface area contributed by atoms with Gasteiger partial charge in [0.2, 0.25) is 17.1 Å². The number of piperidine rings is 1. The molecular weight excluding hydrogens is 312 g/mol. The number of β-amino-alcohol motifs (C(OH)–C–C–N with tert-alkyl or cyclic N) is 1. The van der Waals surface area contributed by atoms with Gasteiger partial charge >= 0.3 is 0 Å². The van der Waals surface area contributed by atoms with Crippen molar-refractivity contribution in [1.82, 2.24) is 9.80 Å². The molecular formula is C17H24N2O5. The highest BCUT2D eigenvalue weighted by atomic mass is 16.5. The highest BCUT2D eigenvalue weighted by Crippen LogP contribution is 2.40. The Hall–Kier alpha value is -1.86. The van der Waals surface area contributed by atoms with Crippen molar-refractivity contribution in [3.63, 3.8) is 0 Å². The Labute approximate surface area is 140 Å². The maximum Gasteiger partial charge on any atom is 0.230 e. The minimum Gasteiger partial charge on any atom is -0.490 e. The van der Waals surface area contributed by atoms with Crippen LogP contribution in [0.25, 0.3) is 0 Å². The lowest BCUT2D eigenvalue weighted by atomic mass is 9.78. The molecule has 7 heteroatoms. The fourth-order valence-corrected chi connectivity index (χ4v) is 3.85. The van der Waals surface area contributed by atoms with Crippen LogP contribution in [-0.4, -0.2) is 60.7 Å². The normalized spacial score (nSPS) is 24.8. The van der Waals surface area contributed by atoms with E-state index in [1.165, 1.54) is 19.4 Å². The SMILES string of the molecule is COc1coc(CN2CCC3(CCCN(CCO)C3=O)C2)cc1=O. The summed E-state index contributed by atoms with van der Waals surface area (Å²) in [7, 11) is 1.43. The zero-order valence-corrected chi connectivity index (χ0v) is 14.0. The summed E-state index contributed by atoms with van der Waals surface area (Å²) in [5.41, 5.74) is -0.546. The van der Waals surface area contributed by atoms with Gasteiger partial charge in [-0.05, 0) is 25.8 Å². The lowest BCUT2D eigenvalue weighted by molar-refractivity contribution is -0.146. The van der Waals surface area contributed by atoms with Crippen LogP contribution in [0.5, 0.6) is 5.75 Å². The van der Waals surface area contributed by atoms with Gasteiger partial charge in [-0.1, -0.05) is 0 Å². The predicted molar refractivity (Wildman–Crippen MR) is 86.8 cm³/mol. The van der Waals surface area contributed by atoms with E-state index in [0.717, 1.165) is 32.4 Å². The fourth-order valence-electron chi connectivity index (χ4n) is 3.85. The molecule has 1 atom stereocenters. The molecule has 0 aliphatic carbocycles. The number of methoxy groups -OCH3 is 1. The van der Waals surface area contributed by atoms with Crippen molar-refractivity contribution in [2.45, 2.75) is 25.8 Å². The van der Waals surface area contributed by atoms with Crippen LogP contribution in [0, 0.1) is 5.41 Å². The zero-order chi connectivity index (χ0) is 17.2. The summed E-state index contributed by atoms with van der Waals surface area (Å²) in [4.78, 5) is 28.5. The Morgan fingerprint density at radius 2 is 2.17 bits per heavy atom. The van der Waals surface area contributed by atoms with Crippen LogP contribution in [0.4, 0.5) is 0 Å². The van der Waals surface area contributed by atoms with E-state index < -0.39 is 0 Å². The predicted octanol–water partition coefficient (Wildman–Crippen LogP) is 0.455. The van der Waals surface area contributed by atoms with Gasteiger partial charge in [0, 0.05) is 25.7 Å². The largest absolute Gasteiger partial charge is 0.490 e. The minimum absolute atomic E-state index is 0.00252. The molecule has 0 aromatic carbocycles. The number of rotatable bonds is 5. The minimum atomic E-state index is -0.347. The maximum atomic E-state index is 12.8. The highest BCUT2D eigenvalue weighted by Gasteiger charge is 2.48. The molecule has 1 amide bonds. The van der Waals surface area contributed by atoms with Crippen molar-refractivity contribution in [3.05, 3.63) is 28.3 Å². The molecule has 2 aliphatic heterocycles. The van der Waals surface area contributed by atoms with E-state index in [4.69, 9.17) is 14.3 Å². The van der Waals surface area contributed by atoms with Gasteiger partial charge in [0.25, 0.3) is 0 Å². The van der Waals surface area contributed by atoms with E-state index in [1.807, 2.05) is 0 Å². The Balaban J connectivity index is 1.67. The van der Waals surface area contributed by atoms with Gasteiger partial charge < -0.3 is 19.2 Å². The average molecular weight is 336 g/mol. The van der Waals surface area contributed by atoms with Crippen molar-refractivity contribution >= 4 is 5.91 Å². The van der Waals surface area contributed by atoms with Gasteiger partial charge in [0.15, 0.2) is 0 Å². The van der Waals surface area contributed by atoms with Crippen molar-refractivity contribution < 1.29 is 19.1 Å². The van der Waals surface area contributed by atoms with Crippen molar-refractivity contribution in [2.75, 3.05) is 39.9 Å². The monoisotopic (exact) mass is 336 g/mol. The van der Waals surface area contributed by atoms with Gasteiger partial charge in [-0.3, -0.25) is 14.5 Å². The molecule has 7 nitrogen and oxygen atoms in total. The molecule has 1 unspecified atom stereocenters. The number of amides is 1. The van der Waals surface area contributed by atoms with Crippen LogP contribution in [0.15, 0.2) is 21.5 Å². The van der Waals surface area contributed by atoms with Crippen LogP contribution in [0.3, 0.4) is 0 Å². The third-order valence-electron chi connectivity index (χ3n) is 5.08. The van der Waals surface area contributed by atoms with Gasteiger partial charge in [-0.15, -0.1) is 0 Å². The number of aliphatic hydroxyl groups is 1. The molecule has 132 valence electrons. The first-order valence-corrected chi connectivity index (χ1v) is 8.36. The Kier molecular flexibility index (Phi) is 4.91. The summed E-state index contributed by atoms with van der Waals surface area (Å²) in [5, 5.41) is 9.13. The Morgan fingerprint density at radius 3 is 2.88 bits per heavy atom. The lowest BCUT2D eigenvalue weighted by Crippen LogP contribution is -2.50. The van der Waals surface area contributed by atoms with Gasteiger partial charge in [0.05, 0.1) is 25.7 Å². The van der Waals surface area contributed by atoms with Crippen LogP contribution >= 0.6 is 0 Å². The van der Waals surface area contributed by atoms with Crippen LogP contribution in [-0.2, 0) is 11.3 Å². The molecule has 0 bridgehead atoms. The van der Waals surface area contributed by atoms with E-state index >= 15 is 0 Å². The van der Waals surface area contributed by atoms with Crippen molar-refractivity contribution in [3.8, 4) is 5.75 Å². The molecule has 2 aliphatic rings. The maximum absolute atomic E-state index is 12.8. The standard InChI is InChI=1S/C17H24N2O5/c1-23-15-11-24-13(9-14(15)21)10-18-6-4-17(12-18)3-2-5-19(7-8-20)16(17)22/h9,11,20H,2-8,10,12H2,1H3. The summed E-state index contributed by atoms with van der Waals surface area (Å²) >= 11 is 0. The highest BCUT2D eigenvalue weighted by molar-refractivity contribution is 5.84. The average Bonchev–Trinajstić information content (AvgIpc) is 2.96. The Bertz CT molecular complexity index is 657. The van der Waals surface area contributed by atoms with E-state index in [2.05, 4.69) is 4.90 Å². The number of hydrogen-bond acceptors (Lipinski definition) is 6. The number of carbonyl (C=O) groups is 1. The number of carbonyl (C=O) groups excluding carboxylic acids is 1. The third-order valence-corrected chi connectivity index (χ3v) is 5.08. The zero-order valence-electron chi connectivity index (χ0n) is 14.0. The van der Waals surface area contributed by atoms with Gasteiger partial charge in [-0.25, -0.2) is 0 Å².